The number of rotatable bonds is 6. The first-order valence-electron chi connectivity index (χ1n) is 6.82. The summed E-state index contributed by atoms with van der Waals surface area (Å²) in [5.74, 6) is 0.997. The Labute approximate surface area is 133 Å². The minimum Gasteiger partial charge on any atom is -0.493 e. The van der Waals surface area contributed by atoms with Gasteiger partial charge in [-0.1, -0.05) is 12.1 Å². The second-order valence-corrected chi connectivity index (χ2v) is 5.67. The van der Waals surface area contributed by atoms with Crippen LogP contribution in [0.25, 0.3) is 0 Å². The lowest BCUT2D eigenvalue weighted by molar-refractivity contribution is 0.0959. The Morgan fingerprint density at radius 2 is 2.14 bits per heavy atom. The monoisotopic (exact) mass is 318 g/mol. The number of methoxy groups -OCH3 is 1. The summed E-state index contributed by atoms with van der Waals surface area (Å²) in [6.45, 7) is 3.87. The number of hydrazone groups is 1. The first-order valence-corrected chi connectivity index (χ1v) is 7.70. The van der Waals surface area contributed by atoms with Gasteiger partial charge in [-0.25, -0.2) is 5.43 Å². The Morgan fingerprint density at radius 1 is 1.32 bits per heavy atom. The Hall–Kier alpha value is -2.34. The molecule has 22 heavy (non-hydrogen) atoms. The molecule has 2 aromatic rings. The van der Waals surface area contributed by atoms with Crippen molar-refractivity contribution in [1.29, 1.82) is 0 Å². The number of para-hydroxylation sites is 1. The van der Waals surface area contributed by atoms with Crippen LogP contribution in [-0.4, -0.2) is 25.3 Å². The molecule has 1 aromatic carbocycles. The van der Waals surface area contributed by atoms with Crippen LogP contribution in [0.4, 0.5) is 0 Å². The lowest BCUT2D eigenvalue weighted by atomic mass is 10.2. The summed E-state index contributed by atoms with van der Waals surface area (Å²) in [5.41, 5.74) is 3.23. The molecular weight excluding hydrogens is 300 g/mol. The number of ether oxygens (including phenoxy) is 2. The van der Waals surface area contributed by atoms with Gasteiger partial charge in [-0.15, -0.1) is 11.3 Å². The second kappa shape index (κ2) is 7.61. The normalized spacial score (nSPS) is 10.9. The molecule has 0 fully saturated rings. The van der Waals surface area contributed by atoms with E-state index in [1.165, 1.54) is 11.3 Å². The lowest BCUT2D eigenvalue weighted by Crippen LogP contribution is -2.16. The van der Waals surface area contributed by atoms with E-state index in [4.69, 9.17) is 9.47 Å². The van der Waals surface area contributed by atoms with Gasteiger partial charge in [0.15, 0.2) is 11.5 Å². The highest BCUT2D eigenvalue weighted by Gasteiger charge is 2.11. The predicted octanol–water partition coefficient (Wildman–Crippen LogP) is 3.31. The van der Waals surface area contributed by atoms with Crippen molar-refractivity contribution in [2.45, 2.75) is 20.0 Å². The number of hydrogen-bond donors (Lipinski definition) is 1. The molecule has 6 heteroatoms. The number of nitrogens with zero attached hydrogens (tertiary/aromatic N) is 1. The zero-order valence-corrected chi connectivity index (χ0v) is 13.5. The average molecular weight is 318 g/mol. The van der Waals surface area contributed by atoms with E-state index in [1.807, 2.05) is 43.5 Å². The molecule has 1 N–H and O–H groups in total. The Bertz CT molecular complexity index is 651. The number of carbonyl (C=O) groups excluding carboxylic acids is 1. The molecule has 5 nitrogen and oxygen atoms in total. The molecule has 1 amide bonds. The molecule has 0 saturated heterocycles. The molecule has 0 saturated carbocycles. The van der Waals surface area contributed by atoms with Crippen molar-refractivity contribution >= 4 is 23.5 Å². The predicted molar refractivity (Wildman–Crippen MR) is 88.1 cm³/mol. The summed E-state index contributed by atoms with van der Waals surface area (Å²) in [7, 11) is 1.59. The molecule has 0 aliphatic carbocycles. The summed E-state index contributed by atoms with van der Waals surface area (Å²) < 4.78 is 11.1. The van der Waals surface area contributed by atoms with Crippen LogP contribution in [0, 0.1) is 0 Å². The molecule has 0 bridgehead atoms. The van der Waals surface area contributed by atoms with Crippen molar-refractivity contribution in [1.82, 2.24) is 5.43 Å². The zero-order chi connectivity index (χ0) is 15.9. The maximum atomic E-state index is 11.8. The molecule has 2 rings (SSSR count). The van der Waals surface area contributed by atoms with E-state index in [0.29, 0.717) is 16.4 Å². The van der Waals surface area contributed by atoms with Crippen molar-refractivity contribution in [2.24, 2.45) is 5.10 Å². The Morgan fingerprint density at radius 3 is 2.77 bits per heavy atom. The molecule has 1 aromatic heterocycles. The number of amides is 1. The van der Waals surface area contributed by atoms with Crippen LogP contribution in [0.3, 0.4) is 0 Å². The van der Waals surface area contributed by atoms with Crippen LogP contribution in [0.15, 0.2) is 40.8 Å². The van der Waals surface area contributed by atoms with Crippen LogP contribution >= 0.6 is 11.3 Å². The van der Waals surface area contributed by atoms with Crippen molar-refractivity contribution in [3.05, 3.63) is 46.2 Å². The standard InChI is InChI=1S/C16H18N2O3S/c1-11(2)21-15-12(6-4-7-13(15)20-3)10-17-18-16(19)14-8-5-9-22-14/h4-11H,1-3H3,(H,18,19)/b17-10-. The quantitative estimate of drug-likeness (QED) is 0.656. The molecule has 0 unspecified atom stereocenters. The maximum absolute atomic E-state index is 11.8. The van der Waals surface area contributed by atoms with E-state index in [1.54, 1.807) is 19.4 Å². The highest BCUT2D eigenvalue weighted by Crippen LogP contribution is 2.30. The fourth-order valence-corrected chi connectivity index (χ4v) is 2.39. The second-order valence-electron chi connectivity index (χ2n) is 4.72. The largest absolute Gasteiger partial charge is 0.493 e. The molecule has 0 atom stereocenters. The minimum atomic E-state index is -0.236. The third-order valence-corrected chi connectivity index (χ3v) is 3.57. The topological polar surface area (TPSA) is 59.9 Å². The first kappa shape index (κ1) is 16.0. The smallest absolute Gasteiger partial charge is 0.281 e. The summed E-state index contributed by atoms with van der Waals surface area (Å²) >= 11 is 1.36. The van der Waals surface area contributed by atoms with E-state index in [9.17, 15) is 4.79 Å². The first-order chi connectivity index (χ1) is 10.6. The van der Waals surface area contributed by atoms with Crippen molar-refractivity contribution in [3.8, 4) is 11.5 Å². The molecule has 0 aliphatic heterocycles. The van der Waals surface area contributed by atoms with Gasteiger partial charge in [0.1, 0.15) is 0 Å². The van der Waals surface area contributed by atoms with Crippen molar-refractivity contribution in [2.75, 3.05) is 7.11 Å². The van der Waals surface area contributed by atoms with Crippen molar-refractivity contribution in [3.63, 3.8) is 0 Å². The van der Waals surface area contributed by atoms with Gasteiger partial charge in [0.05, 0.1) is 24.3 Å². The van der Waals surface area contributed by atoms with Gasteiger partial charge in [-0.2, -0.15) is 5.10 Å². The van der Waals surface area contributed by atoms with E-state index < -0.39 is 0 Å². The summed E-state index contributed by atoms with van der Waals surface area (Å²) in [5, 5.41) is 5.83. The average Bonchev–Trinajstić information content (AvgIpc) is 3.02. The van der Waals surface area contributed by atoms with Gasteiger partial charge in [-0.3, -0.25) is 4.79 Å². The molecule has 0 aliphatic rings. The highest BCUT2D eigenvalue weighted by molar-refractivity contribution is 7.12. The van der Waals surface area contributed by atoms with Crippen LogP contribution in [0.1, 0.15) is 29.1 Å². The number of nitrogens with one attached hydrogen (secondary N) is 1. The third kappa shape index (κ3) is 4.08. The highest BCUT2D eigenvalue weighted by atomic mass is 32.1. The summed E-state index contributed by atoms with van der Waals surface area (Å²) in [4.78, 5) is 12.4. The van der Waals surface area contributed by atoms with E-state index in [2.05, 4.69) is 10.5 Å². The van der Waals surface area contributed by atoms with Gasteiger partial charge in [0.25, 0.3) is 5.91 Å². The molecule has 116 valence electrons. The molecular formula is C16H18N2O3S. The van der Waals surface area contributed by atoms with Gasteiger partial charge in [0, 0.05) is 5.56 Å². The Kier molecular flexibility index (Phi) is 5.55. The van der Waals surface area contributed by atoms with E-state index in [0.717, 1.165) is 5.56 Å². The fraction of sp³-hybridized carbons (Fsp3) is 0.250. The SMILES string of the molecule is COc1cccc(/C=N\NC(=O)c2cccs2)c1OC(C)C. The lowest BCUT2D eigenvalue weighted by Gasteiger charge is -2.15. The third-order valence-electron chi connectivity index (χ3n) is 2.70. The van der Waals surface area contributed by atoms with Gasteiger partial charge < -0.3 is 9.47 Å². The maximum Gasteiger partial charge on any atom is 0.281 e. The molecule has 0 spiro atoms. The number of thiophene rings is 1. The Balaban J connectivity index is 2.14. The van der Waals surface area contributed by atoms with Crippen LogP contribution in [0.5, 0.6) is 11.5 Å². The zero-order valence-electron chi connectivity index (χ0n) is 12.7. The summed E-state index contributed by atoms with van der Waals surface area (Å²) in [6.07, 6.45) is 1.55. The number of carbonyl (C=O) groups is 1. The van der Waals surface area contributed by atoms with Crippen LogP contribution < -0.4 is 14.9 Å². The van der Waals surface area contributed by atoms with Crippen LogP contribution in [-0.2, 0) is 0 Å². The fourth-order valence-electron chi connectivity index (χ4n) is 1.78. The van der Waals surface area contributed by atoms with E-state index >= 15 is 0 Å². The molecule has 0 radical (unpaired) electrons. The molecule has 1 heterocycles. The summed E-state index contributed by atoms with van der Waals surface area (Å²) in [6, 6.07) is 9.07. The van der Waals surface area contributed by atoms with Gasteiger partial charge >= 0.3 is 0 Å². The van der Waals surface area contributed by atoms with Gasteiger partial charge in [0.2, 0.25) is 0 Å². The minimum absolute atomic E-state index is 0.00385. The van der Waals surface area contributed by atoms with Crippen LogP contribution in [0.2, 0.25) is 0 Å². The van der Waals surface area contributed by atoms with Gasteiger partial charge in [-0.05, 0) is 37.4 Å². The van der Waals surface area contributed by atoms with Crippen molar-refractivity contribution < 1.29 is 14.3 Å². The number of benzene rings is 1. The van der Waals surface area contributed by atoms with E-state index in [-0.39, 0.29) is 12.0 Å². The number of hydrogen-bond acceptors (Lipinski definition) is 5.